The van der Waals surface area contributed by atoms with Gasteiger partial charge in [0.05, 0.1) is 5.69 Å². The molecule has 1 aliphatic rings. The summed E-state index contributed by atoms with van der Waals surface area (Å²) in [5.74, 6) is 1.01. The van der Waals surface area contributed by atoms with Gasteiger partial charge in [-0.05, 0) is 37.5 Å². The second-order valence-electron chi connectivity index (χ2n) is 6.54. The van der Waals surface area contributed by atoms with Crippen molar-refractivity contribution in [1.29, 1.82) is 0 Å². The molecule has 3 rings (SSSR count). The summed E-state index contributed by atoms with van der Waals surface area (Å²) < 4.78 is 4.92. The van der Waals surface area contributed by atoms with Gasteiger partial charge in [0.1, 0.15) is 6.26 Å². The first-order valence-corrected chi connectivity index (χ1v) is 9.30. The van der Waals surface area contributed by atoms with Crippen LogP contribution in [0.2, 0.25) is 0 Å². The Morgan fingerprint density at radius 1 is 1.27 bits per heavy atom. The molecule has 1 aliphatic heterocycles. The number of hydrogen-bond donors (Lipinski definition) is 1. The lowest BCUT2D eigenvalue weighted by atomic mass is 10.1. The Kier molecular flexibility index (Phi) is 6.60. The molecule has 0 spiro atoms. The summed E-state index contributed by atoms with van der Waals surface area (Å²) in [5.41, 5.74) is 3.54. The lowest BCUT2D eigenvalue weighted by Crippen LogP contribution is -2.52. The number of piperazine rings is 1. The Balaban J connectivity index is 1.52. The van der Waals surface area contributed by atoms with Gasteiger partial charge in [0.25, 0.3) is 0 Å². The monoisotopic (exact) mass is 356 g/mol. The van der Waals surface area contributed by atoms with Gasteiger partial charge in [-0.3, -0.25) is 14.9 Å². The third-order valence-electron chi connectivity index (χ3n) is 4.66. The van der Waals surface area contributed by atoms with E-state index in [9.17, 15) is 0 Å². The van der Waals surface area contributed by atoms with E-state index in [0.717, 1.165) is 63.9 Å². The maximum Gasteiger partial charge on any atom is 0.194 e. The first-order chi connectivity index (χ1) is 12.8. The first-order valence-electron chi connectivity index (χ1n) is 9.30. The van der Waals surface area contributed by atoms with Crippen molar-refractivity contribution in [3.63, 3.8) is 0 Å². The van der Waals surface area contributed by atoms with E-state index in [2.05, 4.69) is 45.2 Å². The normalized spacial score (nSPS) is 16.1. The highest BCUT2D eigenvalue weighted by Crippen LogP contribution is 2.09. The predicted octanol–water partition coefficient (Wildman–Crippen LogP) is 1.70. The molecule has 0 atom stereocenters. The standard InChI is InChI=1S/C19H28N6O/c1-3-21-19(22-8-5-17-4-7-20-14-16(17)2)25-11-9-24(10-12-25)15-18-6-13-26-23-18/h4,6-7,13-14H,3,5,8-12,15H2,1-2H3,(H,21,22). The molecule has 26 heavy (non-hydrogen) atoms. The number of nitrogens with one attached hydrogen (secondary N) is 1. The Bertz CT molecular complexity index is 692. The molecule has 1 N–H and O–H groups in total. The van der Waals surface area contributed by atoms with Crippen LogP contribution in [0, 0.1) is 6.92 Å². The van der Waals surface area contributed by atoms with Crippen molar-refractivity contribution in [2.45, 2.75) is 26.8 Å². The second-order valence-corrected chi connectivity index (χ2v) is 6.54. The molecule has 1 fully saturated rings. The molecule has 0 unspecified atom stereocenters. The fourth-order valence-corrected chi connectivity index (χ4v) is 3.16. The summed E-state index contributed by atoms with van der Waals surface area (Å²) in [6.07, 6.45) is 6.34. The molecular weight excluding hydrogens is 328 g/mol. The Morgan fingerprint density at radius 3 is 2.81 bits per heavy atom. The number of guanidine groups is 1. The molecule has 0 aliphatic carbocycles. The first kappa shape index (κ1) is 18.4. The van der Waals surface area contributed by atoms with Crippen molar-refractivity contribution in [1.82, 2.24) is 25.3 Å². The van der Waals surface area contributed by atoms with Crippen LogP contribution in [0.15, 0.2) is 40.3 Å². The topological polar surface area (TPSA) is 69.8 Å². The third-order valence-corrected chi connectivity index (χ3v) is 4.66. The number of aromatic nitrogens is 2. The van der Waals surface area contributed by atoms with Crippen molar-refractivity contribution < 1.29 is 4.52 Å². The van der Waals surface area contributed by atoms with Gasteiger partial charge in [-0.2, -0.15) is 0 Å². The van der Waals surface area contributed by atoms with E-state index in [1.807, 2.05) is 18.5 Å². The Labute approximate surface area is 155 Å². The summed E-state index contributed by atoms with van der Waals surface area (Å²) in [6, 6.07) is 4.01. The molecule has 3 heterocycles. The molecule has 0 bridgehead atoms. The SMILES string of the molecule is CCNC(=NCCc1ccncc1C)N1CCN(Cc2ccon2)CC1. The molecule has 2 aromatic rings. The highest BCUT2D eigenvalue weighted by Gasteiger charge is 2.20. The number of hydrogen-bond acceptors (Lipinski definition) is 5. The van der Waals surface area contributed by atoms with Crippen LogP contribution in [-0.2, 0) is 13.0 Å². The Hall–Kier alpha value is -2.41. The van der Waals surface area contributed by atoms with Crippen molar-refractivity contribution in [2.24, 2.45) is 4.99 Å². The van der Waals surface area contributed by atoms with Gasteiger partial charge < -0.3 is 14.7 Å². The highest BCUT2D eigenvalue weighted by atomic mass is 16.5. The Morgan fingerprint density at radius 2 is 2.12 bits per heavy atom. The smallest absolute Gasteiger partial charge is 0.194 e. The minimum atomic E-state index is 0.784. The van der Waals surface area contributed by atoms with E-state index in [0.29, 0.717) is 0 Å². The zero-order chi connectivity index (χ0) is 18.2. The van der Waals surface area contributed by atoms with Gasteiger partial charge in [0.15, 0.2) is 5.96 Å². The molecule has 0 radical (unpaired) electrons. The van der Waals surface area contributed by atoms with E-state index in [4.69, 9.17) is 9.52 Å². The number of nitrogens with zero attached hydrogens (tertiary/aromatic N) is 5. The maximum atomic E-state index is 4.92. The van der Waals surface area contributed by atoms with Crippen LogP contribution < -0.4 is 5.32 Å². The van der Waals surface area contributed by atoms with Crippen LogP contribution in [0.5, 0.6) is 0 Å². The highest BCUT2D eigenvalue weighted by molar-refractivity contribution is 5.80. The summed E-state index contributed by atoms with van der Waals surface area (Å²) in [4.78, 5) is 13.7. The molecule has 7 heteroatoms. The molecule has 2 aromatic heterocycles. The average molecular weight is 356 g/mol. The van der Waals surface area contributed by atoms with E-state index in [1.54, 1.807) is 6.26 Å². The molecular formula is C19H28N6O. The summed E-state index contributed by atoms with van der Waals surface area (Å²) in [5, 5.41) is 7.43. The van der Waals surface area contributed by atoms with Gasteiger partial charge in [0, 0.05) is 64.3 Å². The van der Waals surface area contributed by atoms with Crippen LogP contribution in [0.4, 0.5) is 0 Å². The summed E-state index contributed by atoms with van der Waals surface area (Å²) >= 11 is 0. The molecule has 7 nitrogen and oxygen atoms in total. The van der Waals surface area contributed by atoms with Gasteiger partial charge in [0.2, 0.25) is 0 Å². The van der Waals surface area contributed by atoms with E-state index in [1.165, 1.54) is 11.1 Å². The molecule has 0 aromatic carbocycles. The fourth-order valence-electron chi connectivity index (χ4n) is 3.16. The van der Waals surface area contributed by atoms with Gasteiger partial charge >= 0.3 is 0 Å². The van der Waals surface area contributed by atoms with Crippen LogP contribution in [0.3, 0.4) is 0 Å². The second kappa shape index (κ2) is 9.33. The molecule has 140 valence electrons. The quantitative estimate of drug-likeness (QED) is 0.628. The zero-order valence-electron chi connectivity index (χ0n) is 15.7. The van der Waals surface area contributed by atoms with Crippen LogP contribution in [0.1, 0.15) is 23.7 Å². The predicted molar refractivity (Wildman–Crippen MR) is 102 cm³/mol. The third kappa shape index (κ3) is 5.05. The molecule has 1 saturated heterocycles. The van der Waals surface area contributed by atoms with Crippen molar-refractivity contribution in [3.05, 3.63) is 47.6 Å². The number of aliphatic imine (C=N–C) groups is 1. The van der Waals surface area contributed by atoms with Crippen LogP contribution in [-0.4, -0.2) is 65.2 Å². The van der Waals surface area contributed by atoms with Crippen molar-refractivity contribution >= 4 is 5.96 Å². The van der Waals surface area contributed by atoms with Crippen molar-refractivity contribution in [2.75, 3.05) is 39.3 Å². The maximum absolute atomic E-state index is 4.92. The van der Waals surface area contributed by atoms with E-state index >= 15 is 0 Å². The average Bonchev–Trinajstić information content (AvgIpc) is 3.16. The summed E-state index contributed by atoms with van der Waals surface area (Å²) in [7, 11) is 0. The number of pyridine rings is 1. The number of rotatable bonds is 6. The summed E-state index contributed by atoms with van der Waals surface area (Å²) in [6.45, 7) is 10.7. The van der Waals surface area contributed by atoms with E-state index in [-0.39, 0.29) is 0 Å². The molecule has 0 amide bonds. The van der Waals surface area contributed by atoms with Gasteiger partial charge in [-0.1, -0.05) is 5.16 Å². The minimum absolute atomic E-state index is 0.784. The number of aryl methyl sites for hydroxylation is 1. The lowest BCUT2D eigenvalue weighted by molar-refractivity contribution is 0.169. The molecule has 0 saturated carbocycles. The zero-order valence-corrected chi connectivity index (χ0v) is 15.7. The van der Waals surface area contributed by atoms with Crippen LogP contribution >= 0.6 is 0 Å². The van der Waals surface area contributed by atoms with Gasteiger partial charge in [-0.15, -0.1) is 0 Å². The minimum Gasteiger partial charge on any atom is -0.364 e. The van der Waals surface area contributed by atoms with Gasteiger partial charge in [-0.25, -0.2) is 0 Å². The van der Waals surface area contributed by atoms with E-state index < -0.39 is 0 Å². The lowest BCUT2D eigenvalue weighted by Gasteiger charge is -2.36. The fraction of sp³-hybridized carbons (Fsp3) is 0.526. The largest absolute Gasteiger partial charge is 0.364 e. The van der Waals surface area contributed by atoms with Crippen molar-refractivity contribution in [3.8, 4) is 0 Å². The van der Waals surface area contributed by atoms with Crippen LogP contribution in [0.25, 0.3) is 0 Å².